The lowest BCUT2D eigenvalue weighted by atomic mass is 10.1. The molecule has 0 fully saturated rings. The largest absolute Gasteiger partial charge is 0.381 e. The molecule has 0 aliphatic carbocycles. The molecule has 0 heterocycles. The maximum atomic E-state index is 10.9. The van der Waals surface area contributed by atoms with Gasteiger partial charge < -0.3 is 5.32 Å². The number of benzene rings is 2. The molecule has 4 nitrogen and oxygen atoms in total. The SMILES string of the molecule is O=[N+]([O-])c1ccc(Cl)cc1CNc1cc(Cl)cc(Cl)c1. The Morgan fingerprint density at radius 3 is 2.25 bits per heavy atom. The summed E-state index contributed by atoms with van der Waals surface area (Å²) in [4.78, 5) is 10.5. The third-order valence-electron chi connectivity index (χ3n) is 2.58. The number of nitro benzene ring substituents is 1. The zero-order chi connectivity index (χ0) is 14.7. The highest BCUT2D eigenvalue weighted by Crippen LogP contribution is 2.26. The van der Waals surface area contributed by atoms with Crippen molar-refractivity contribution < 1.29 is 4.92 Å². The second kappa shape index (κ2) is 6.31. The molecule has 7 heteroatoms. The lowest BCUT2D eigenvalue weighted by molar-refractivity contribution is -0.385. The smallest absolute Gasteiger partial charge is 0.274 e. The van der Waals surface area contributed by atoms with E-state index in [1.54, 1.807) is 24.3 Å². The molecule has 0 radical (unpaired) electrons. The zero-order valence-electron chi connectivity index (χ0n) is 10.1. The fourth-order valence-electron chi connectivity index (χ4n) is 1.73. The van der Waals surface area contributed by atoms with Gasteiger partial charge in [-0.05, 0) is 30.3 Å². The summed E-state index contributed by atoms with van der Waals surface area (Å²) in [6.07, 6.45) is 0. The Labute approximate surface area is 130 Å². The average Bonchev–Trinajstić information content (AvgIpc) is 2.35. The van der Waals surface area contributed by atoms with Crippen LogP contribution in [0.25, 0.3) is 0 Å². The van der Waals surface area contributed by atoms with Crippen molar-refractivity contribution in [3.05, 3.63) is 67.1 Å². The topological polar surface area (TPSA) is 55.2 Å². The number of nitro groups is 1. The number of hydrogen-bond acceptors (Lipinski definition) is 3. The van der Waals surface area contributed by atoms with Crippen LogP contribution in [0.15, 0.2) is 36.4 Å². The Morgan fingerprint density at radius 1 is 1.00 bits per heavy atom. The molecule has 0 amide bonds. The summed E-state index contributed by atoms with van der Waals surface area (Å²) in [6.45, 7) is 0.244. The first kappa shape index (κ1) is 14.9. The van der Waals surface area contributed by atoms with Crippen molar-refractivity contribution in [3.8, 4) is 0 Å². The molecular weight excluding hydrogens is 323 g/mol. The van der Waals surface area contributed by atoms with Crippen LogP contribution in [-0.2, 0) is 6.54 Å². The third kappa shape index (κ3) is 3.76. The van der Waals surface area contributed by atoms with Crippen molar-refractivity contribution in [2.75, 3.05) is 5.32 Å². The monoisotopic (exact) mass is 330 g/mol. The van der Waals surface area contributed by atoms with E-state index in [1.165, 1.54) is 12.1 Å². The molecule has 0 bridgehead atoms. The minimum atomic E-state index is -0.446. The van der Waals surface area contributed by atoms with Gasteiger partial charge in [0.25, 0.3) is 5.69 Å². The lowest BCUT2D eigenvalue weighted by Gasteiger charge is -2.08. The molecule has 0 aromatic heterocycles. The maximum absolute atomic E-state index is 10.9. The molecule has 2 aromatic carbocycles. The van der Waals surface area contributed by atoms with Gasteiger partial charge in [0.1, 0.15) is 0 Å². The predicted octanol–water partition coefficient (Wildman–Crippen LogP) is 5.17. The van der Waals surface area contributed by atoms with Crippen LogP contribution < -0.4 is 5.32 Å². The van der Waals surface area contributed by atoms with Gasteiger partial charge in [-0.1, -0.05) is 34.8 Å². The minimum Gasteiger partial charge on any atom is -0.381 e. The van der Waals surface area contributed by atoms with Crippen LogP contribution in [0.4, 0.5) is 11.4 Å². The Balaban J connectivity index is 2.22. The Kier molecular flexibility index (Phi) is 4.70. The maximum Gasteiger partial charge on any atom is 0.274 e. The molecule has 104 valence electrons. The number of nitrogens with one attached hydrogen (secondary N) is 1. The van der Waals surface area contributed by atoms with Gasteiger partial charge in [0, 0.05) is 33.4 Å². The fourth-order valence-corrected chi connectivity index (χ4v) is 2.45. The van der Waals surface area contributed by atoms with Crippen LogP contribution >= 0.6 is 34.8 Å². The standard InChI is InChI=1S/C13H9Cl3N2O2/c14-9-1-2-13(18(19)20)8(3-9)7-17-12-5-10(15)4-11(16)6-12/h1-6,17H,7H2. The van der Waals surface area contributed by atoms with Crippen molar-refractivity contribution in [1.29, 1.82) is 0 Å². The van der Waals surface area contributed by atoms with Gasteiger partial charge in [-0.25, -0.2) is 0 Å². The van der Waals surface area contributed by atoms with E-state index in [0.717, 1.165) is 0 Å². The summed E-state index contributed by atoms with van der Waals surface area (Å²) in [7, 11) is 0. The van der Waals surface area contributed by atoms with Gasteiger partial charge in [-0.2, -0.15) is 0 Å². The first-order chi connectivity index (χ1) is 9.45. The fraction of sp³-hybridized carbons (Fsp3) is 0.0769. The number of nitrogens with zero attached hydrogens (tertiary/aromatic N) is 1. The van der Waals surface area contributed by atoms with E-state index in [2.05, 4.69) is 5.32 Å². The van der Waals surface area contributed by atoms with E-state index in [1.807, 2.05) is 0 Å². The van der Waals surface area contributed by atoms with E-state index in [0.29, 0.717) is 26.3 Å². The predicted molar refractivity (Wildman–Crippen MR) is 81.9 cm³/mol. The highest BCUT2D eigenvalue weighted by atomic mass is 35.5. The summed E-state index contributed by atoms with van der Waals surface area (Å²) in [5.74, 6) is 0. The molecule has 0 saturated carbocycles. The molecular formula is C13H9Cl3N2O2. The zero-order valence-corrected chi connectivity index (χ0v) is 12.3. The van der Waals surface area contributed by atoms with E-state index in [-0.39, 0.29) is 12.2 Å². The van der Waals surface area contributed by atoms with Crippen LogP contribution in [0.3, 0.4) is 0 Å². The normalized spacial score (nSPS) is 10.3. The van der Waals surface area contributed by atoms with Crippen molar-refractivity contribution >= 4 is 46.2 Å². The Morgan fingerprint density at radius 2 is 1.65 bits per heavy atom. The highest BCUT2D eigenvalue weighted by molar-refractivity contribution is 6.35. The molecule has 1 N–H and O–H groups in total. The summed E-state index contributed by atoms with van der Waals surface area (Å²) in [6, 6.07) is 9.40. The quantitative estimate of drug-likeness (QED) is 0.621. The summed E-state index contributed by atoms with van der Waals surface area (Å²) in [5, 5.41) is 15.4. The third-order valence-corrected chi connectivity index (χ3v) is 3.26. The number of anilines is 1. The van der Waals surface area contributed by atoms with Gasteiger partial charge in [-0.3, -0.25) is 10.1 Å². The van der Waals surface area contributed by atoms with Gasteiger partial charge in [0.2, 0.25) is 0 Å². The first-order valence-corrected chi connectivity index (χ1v) is 6.72. The molecule has 0 aliphatic heterocycles. The van der Waals surface area contributed by atoms with Gasteiger partial charge in [-0.15, -0.1) is 0 Å². The second-order valence-electron chi connectivity index (χ2n) is 4.04. The molecule has 0 aliphatic rings. The lowest BCUT2D eigenvalue weighted by Crippen LogP contribution is -2.03. The van der Waals surface area contributed by atoms with Crippen LogP contribution in [0.5, 0.6) is 0 Å². The highest BCUT2D eigenvalue weighted by Gasteiger charge is 2.13. The average molecular weight is 332 g/mol. The second-order valence-corrected chi connectivity index (χ2v) is 5.35. The van der Waals surface area contributed by atoms with Crippen molar-refractivity contribution in [2.45, 2.75) is 6.54 Å². The number of halogens is 3. The first-order valence-electron chi connectivity index (χ1n) is 5.58. The van der Waals surface area contributed by atoms with Gasteiger partial charge in [0.15, 0.2) is 0 Å². The number of hydrogen-bond donors (Lipinski definition) is 1. The van der Waals surface area contributed by atoms with Crippen LogP contribution in [0, 0.1) is 10.1 Å². The van der Waals surface area contributed by atoms with Gasteiger partial charge in [0.05, 0.1) is 10.5 Å². The van der Waals surface area contributed by atoms with Gasteiger partial charge >= 0.3 is 0 Å². The molecule has 0 atom stereocenters. The molecule has 2 aromatic rings. The molecule has 20 heavy (non-hydrogen) atoms. The molecule has 0 spiro atoms. The summed E-state index contributed by atoms with van der Waals surface area (Å²) < 4.78 is 0. The number of rotatable bonds is 4. The van der Waals surface area contributed by atoms with Crippen molar-refractivity contribution in [1.82, 2.24) is 0 Å². The van der Waals surface area contributed by atoms with Crippen molar-refractivity contribution in [2.24, 2.45) is 0 Å². The van der Waals surface area contributed by atoms with Crippen LogP contribution in [0.2, 0.25) is 15.1 Å². The molecule has 2 rings (SSSR count). The summed E-state index contributed by atoms with van der Waals surface area (Å²) >= 11 is 17.6. The van der Waals surface area contributed by atoms with E-state index >= 15 is 0 Å². The minimum absolute atomic E-state index is 0.00928. The van der Waals surface area contributed by atoms with E-state index in [4.69, 9.17) is 34.8 Å². The molecule has 0 unspecified atom stereocenters. The van der Waals surface area contributed by atoms with Crippen LogP contribution in [0.1, 0.15) is 5.56 Å². The van der Waals surface area contributed by atoms with Crippen molar-refractivity contribution in [3.63, 3.8) is 0 Å². The Hall–Kier alpha value is -1.49. The Bertz CT molecular complexity index is 642. The van der Waals surface area contributed by atoms with Crippen LogP contribution in [-0.4, -0.2) is 4.92 Å². The molecule has 0 saturated heterocycles. The van der Waals surface area contributed by atoms with E-state index < -0.39 is 4.92 Å². The summed E-state index contributed by atoms with van der Waals surface area (Å²) in [5.41, 5.74) is 1.17. The van der Waals surface area contributed by atoms with E-state index in [9.17, 15) is 10.1 Å².